The average molecular weight is 297 g/mol. The van der Waals surface area contributed by atoms with Crippen molar-refractivity contribution in [1.82, 2.24) is 4.90 Å². The Morgan fingerprint density at radius 3 is 2.41 bits per heavy atom. The fraction of sp³-hybridized carbons (Fsp3) is 0.400. The Morgan fingerprint density at radius 2 is 1.64 bits per heavy atom. The quantitative estimate of drug-likeness (QED) is 0.613. The van der Waals surface area contributed by atoms with Crippen LogP contribution in [0.25, 0.3) is 11.1 Å². The van der Waals surface area contributed by atoms with E-state index in [4.69, 9.17) is 4.74 Å². The summed E-state index contributed by atoms with van der Waals surface area (Å²) in [5.74, 6) is 0.965. The van der Waals surface area contributed by atoms with Crippen molar-refractivity contribution in [3.05, 3.63) is 54.6 Å². The van der Waals surface area contributed by atoms with Crippen LogP contribution in [-0.2, 0) is 0 Å². The number of ether oxygens (including phenoxy) is 1. The molecule has 22 heavy (non-hydrogen) atoms. The van der Waals surface area contributed by atoms with E-state index in [0.29, 0.717) is 0 Å². The van der Waals surface area contributed by atoms with Crippen molar-refractivity contribution in [3.8, 4) is 16.9 Å². The second-order valence-electron chi connectivity index (χ2n) is 5.70. The zero-order valence-corrected chi connectivity index (χ0v) is 13.8. The van der Waals surface area contributed by atoms with Crippen LogP contribution >= 0.6 is 0 Å². The van der Waals surface area contributed by atoms with Crippen LogP contribution in [0.4, 0.5) is 0 Å². The van der Waals surface area contributed by atoms with Crippen molar-refractivity contribution in [2.75, 3.05) is 26.7 Å². The van der Waals surface area contributed by atoms with Crippen molar-refractivity contribution in [2.24, 2.45) is 0 Å². The molecule has 0 bridgehead atoms. The van der Waals surface area contributed by atoms with E-state index in [2.05, 4.69) is 61.3 Å². The molecular weight excluding hydrogens is 270 g/mol. The molecule has 118 valence electrons. The minimum atomic E-state index is 0.800. The molecule has 0 aliphatic heterocycles. The number of hydrogen-bond acceptors (Lipinski definition) is 2. The van der Waals surface area contributed by atoms with E-state index < -0.39 is 0 Å². The Morgan fingerprint density at radius 1 is 0.864 bits per heavy atom. The van der Waals surface area contributed by atoms with E-state index in [0.717, 1.165) is 25.3 Å². The maximum Gasteiger partial charge on any atom is 0.119 e. The first-order valence-electron chi connectivity index (χ1n) is 8.26. The maximum absolute atomic E-state index is 5.89. The predicted octanol–water partition coefficient (Wildman–Crippen LogP) is 4.85. The summed E-state index contributed by atoms with van der Waals surface area (Å²) >= 11 is 0. The van der Waals surface area contributed by atoms with E-state index in [9.17, 15) is 0 Å². The van der Waals surface area contributed by atoms with Crippen molar-refractivity contribution in [2.45, 2.75) is 26.2 Å². The van der Waals surface area contributed by atoms with E-state index in [1.807, 2.05) is 12.1 Å². The summed E-state index contributed by atoms with van der Waals surface area (Å²) in [4.78, 5) is 2.35. The second-order valence-corrected chi connectivity index (χ2v) is 5.70. The molecule has 0 saturated carbocycles. The van der Waals surface area contributed by atoms with Crippen LogP contribution < -0.4 is 4.74 Å². The predicted molar refractivity (Wildman–Crippen MR) is 94.4 cm³/mol. The Bertz CT molecular complexity index is 538. The molecule has 0 aromatic heterocycles. The van der Waals surface area contributed by atoms with Crippen LogP contribution in [0.3, 0.4) is 0 Å². The van der Waals surface area contributed by atoms with Gasteiger partial charge in [0, 0.05) is 0 Å². The smallest absolute Gasteiger partial charge is 0.119 e. The van der Waals surface area contributed by atoms with Gasteiger partial charge in [0.2, 0.25) is 0 Å². The highest BCUT2D eigenvalue weighted by molar-refractivity contribution is 5.64. The average Bonchev–Trinajstić information content (AvgIpc) is 2.58. The third kappa shape index (κ3) is 5.53. The molecule has 0 unspecified atom stereocenters. The Kier molecular flexibility index (Phi) is 6.98. The van der Waals surface area contributed by atoms with Crippen molar-refractivity contribution >= 4 is 0 Å². The molecule has 0 fully saturated rings. The molecule has 0 spiro atoms. The largest absolute Gasteiger partial charge is 0.494 e. The first kappa shape index (κ1) is 16.6. The lowest BCUT2D eigenvalue weighted by Crippen LogP contribution is -2.18. The molecule has 2 heteroatoms. The summed E-state index contributed by atoms with van der Waals surface area (Å²) in [5, 5.41) is 0. The Balaban J connectivity index is 1.75. The van der Waals surface area contributed by atoms with Gasteiger partial charge in [-0.1, -0.05) is 49.4 Å². The fourth-order valence-corrected chi connectivity index (χ4v) is 2.40. The molecular formula is C20H27NO. The molecule has 2 nitrogen and oxygen atoms in total. The number of benzene rings is 2. The van der Waals surface area contributed by atoms with Crippen molar-refractivity contribution in [1.29, 1.82) is 0 Å². The SMILES string of the molecule is CCN(C)CCCCCOc1cccc(-c2ccccc2)c1. The van der Waals surface area contributed by atoms with Crippen LogP contribution in [0, 0.1) is 0 Å². The normalized spacial score (nSPS) is 10.9. The van der Waals surface area contributed by atoms with Gasteiger partial charge in [-0.15, -0.1) is 0 Å². The molecule has 0 amide bonds. The molecule has 0 heterocycles. The van der Waals surface area contributed by atoms with Crippen LogP contribution in [0.1, 0.15) is 26.2 Å². The minimum Gasteiger partial charge on any atom is -0.494 e. The first-order chi connectivity index (χ1) is 10.8. The molecule has 2 rings (SSSR count). The third-order valence-electron chi connectivity index (χ3n) is 3.93. The topological polar surface area (TPSA) is 12.5 Å². The Hall–Kier alpha value is -1.80. The summed E-state index contributed by atoms with van der Waals surface area (Å²) < 4.78 is 5.89. The number of rotatable bonds is 9. The van der Waals surface area contributed by atoms with Gasteiger partial charge in [-0.2, -0.15) is 0 Å². The number of unbranched alkanes of at least 4 members (excludes halogenated alkanes) is 2. The van der Waals surface area contributed by atoms with Crippen molar-refractivity contribution < 1.29 is 4.74 Å². The summed E-state index contributed by atoms with van der Waals surface area (Å²) in [6.07, 6.45) is 3.59. The van der Waals surface area contributed by atoms with Gasteiger partial charge in [0.1, 0.15) is 5.75 Å². The standard InChI is InChI=1S/C20H27NO/c1-3-21(2)15-8-5-9-16-22-20-14-10-13-19(17-20)18-11-6-4-7-12-18/h4,6-7,10-14,17H,3,5,8-9,15-16H2,1-2H3. The fourth-order valence-electron chi connectivity index (χ4n) is 2.40. The molecule has 2 aromatic carbocycles. The summed E-state index contributed by atoms with van der Waals surface area (Å²) in [6.45, 7) is 5.31. The minimum absolute atomic E-state index is 0.800. The van der Waals surface area contributed by atoms with Gasteiger partial charge in [-0.3, -0.25) is 0 Å². The van der Waals surface area contributed by atoms with E-state index in [-0.39, 0.29) is 0 Å². The van der Waals surface area contributed by atoms with Gasteiger partial charge in [-0.25, -0.2) is 0 Å². The highest BCUT2D eigenvalue weighted by Crippen LogP contribution is 2.23. The lowest BCUT2D eigenvalue weighted by Gasteiger charge is -2.13. The van der Waals surface area contributed by atoms with Crippen LogP contribution in [0.15, 0.2) is 54.6 Å². The van der Waals surface area contributed by atoms with Crippen molar-refractivity contribution in [3.63, 3.8) is 0 Å². The summed E-state index contributed by atoms with van der Waals surface area (Å²) in [5.41, 5.74) is 2.44. The highest BCUT2D eigenvalue weighted by Gasteiger charge is 2.00. The molecule has 0 atom stereocenters. The van der Waals surface area contributed by atoms with Gasteiger partial charge in [-0.05, 0) is 62.7 Å². The van der Waals surface area contributed by atoms with E-state index >= 15 is 0 Å². The summed E-state index contributed by atoms with van der Waals surface area (Å²) in [6, 6.07) is 18.8. The molecule has 2 aromatic rings. The molecule has 0 aliphatic carbocycles. The zero-order valence-electron chi connectivity index (χ0n) is 13.8. The van der Waals surface area contributed by atoms with Gasteiger partial charge < -0.3 is 9.64 Å². The molecule has 0 radical (unpaired) electrons. The van der Waals surface area contributed by atoms with Crippen LogP contribution in [-0.4, -0.2) is 31.6 Å². The zero-order chi connectivity index (χ0) is 15.6. The maximum atomic E-state index is 5.89. The van der Waals surface area contributed by atoms with E-state index in [1.165, 1.54) is 30.5 Å². The molecule has 0 saturated heterocycles. The molecule has 0 aliphatic rings. The molecule has 0 N–H and O–H groups in total. The van der Waals surface area contributed by atoms with Gasteiger partial charge >= 0.3 is 0 Å². The van der Waals surface area contributed by atoms with Gasteiger partial charge in [0.05, 0.1) is 6.61 Å². The number of nitrogens with zero attached hydrogens (tertiary/aromatic N) is 1. The first-order valence-corrected chi connectivity index (χ1v) is 8.26. The van der Waals surface area contributed by atoms with Crippen LogP contribution in [0.2, 0.25) is 0 Å². The highest BCUT2D eigenvalue weighted by atomic mass is 16.5. The lowest BCUT2D eigenvalue weighted by atomic mass is 10.1. The van der Waals surface area contributed by atoms with Gasteiger partial charge in [0.15, 0.2) is 0 Å². The monoisotopic (exact) mass is 297 g/mol. The second kappa shape index (κ2) is 9.26. The van der Waals surface area contributed by atoms with Crippen LogP contribution in [0.5, 0.6) is 5.75 Å². The Labute approximate surface area is 134 Å². The van der Waals surface area contributed by atoms with Gasteiger partial charge in [0.25, 0.3) is 0 Å². The third-order valence-corrected chi connectivity index (χ3v) is 3.93. The van der Waals surface area contributed by atoms with E-state index in [1.54, 1.807) is 0 Å². The lowest BCUT2D eigenvalue weighted by molar-refractivity contribution is 0.293. The summed E-state index contributed by atoms with van der Waals surface area (Å²) in [7, 11) is 2.17. The number of hydrogen-bond donors (Lipinski definition) is 0.